The van der Waals surface area contributed by atoms with Gasteiger partial charge in [-0.2, -0.15) is 0 Å². The number of allylic oxidation sites excluding steroid dienone is 2. The zero-order valence-electron chi connectivity index (χ0n) is 11.2. The van der Waals surface area contributed by atoms with Crippen LogP contribution in [0.15, 0.2) is 59.4 Å². The van der Waals surface area contributed by atoms with E-state index in [1.807, 2.05) is 24.3 Å². The lowest BCUT2D eigenvalue weighted by atomic mass is 9.86. The lowest BCUT2D eigenvalue weighted by molar-refractivity contribution is 0.410. The number of hydrogen-bond acceptors (Lipinski definition) is 2. The Labute approximate surface area is 114 Å². The molecule has 3 rings (SSSR count). The fourth-order valence-corrected chi connectivity index (χ4v) is 2.80. The molecule has 2 N–H and O–H groups in total. The smallest absolute Gasteiger partial charge is 0.119 e. The molecule has 0 aromatic heterocycles. The van der Waals surface area contributed by atoms with Crippen LogP contribution >= 0.6 is 0 Å². The zero-order chi connectivity index (χ0) is 13.2. The number of fused-ring (bicyclic) bond motifs is 1. The summed E-state index contributed by atoms with van der Waals surface area (Å²) in [5, 5.41) is 13.8. The van der Waals surface area contributed by atoms with Crippen molar-refractivity contribution in [3.8, 4) is 0 Å². The van der Waals surface area contributed by atoms with E-state index in [0.29, 0.717) is 5.76 Å². The van der Waals surface area contributed by atoms with Gasteiger partial charge in [-0.1, -0.05) is 48.9 Å². The van der Waals surface area contributed by atoms with Gasteiger partial charge in [-0.05, 0) is 30.4 Å². The summed E-state index contributed by atoms with van der Waals surface area (Å²) in [6, 6.07) is 10.3. The maximum Gasteiger partial charge on any atom is 0.119 e. The van der Waals surface area contributed by atoms with Crippen molar-refractivity contribution < 1.29 is 5.11 Å². The van der Waals surface area contributed by atoms with Gasteiger partial charge in [0.2, 0.25) is 0 Å². The summed E-state index contributed by atoms with van der Waals surface area (Å²) in [5.74, 6) is 0.439. The first-order valence-corrected chi connectivity index (χ1v) is 6.93. The average Bonchev–Trinajstić information content (AvgIpc) is 2.47. The maximum atomic E-state index is 10.2. The number of hydrogen-bond donors (Lipinski definition) is 2. The second-order valence-electron chi connectivity index (χ2n) is 5.13. The lowest BCUT2D eigenvalue weighted by Crippen LogP contribution is -2.34. The van der Waals surface area contributed by atoms with Gasteiger partial charge < -0.3 is 10.4 Å². The van der Waals surface area contributed by atoms with Crippen LogP contribution in [0, 0.1) is 0 Å². The van der Waals surface area contributed by atoms with Crippen LogP contribution in [0.3, 0.4) is 0 Å². The Bertz CT molecular complexity index is 566. The van der Waals surface area contributed by atoms with Crippen molar-refractivity contribution in [2.75, 3.05) is 0 Å². The van der Waals surface area contributed by atoms with Crippen LogP contribution in [0.2, 0.25) is 0 Å². The van der Waals surface area contributed by atoms with Gasteiger partial charge in [0, 0.05) is 11.8 Å². The largest absolute Gasteiger partial charge is 0.508 e. The minimum absolute atomic E-state index is 0.156. The summed E-state index contributed by atoms with van der Waals surface area (Å²) in [7, 11) is 0. The highest BCUT2D eigenvalue weighted by Gasteiger charge is 2.25. The van der Waals surface area contributed by atoms with Gasteiger partial charge in [-0.25, -0.2) is 0 Å². The molecule has 0 amide bonds. The summed E-state index contributed by atoms with van der Waals surface area (Å²) in [6.07, 6.45) is 7.25. The van der Waals surface area contributed by atoms with Gasteiger partial charge in [-0.15, -0.1) is 0 Å². The maximum absolute atomic E-state index is 10.2. The van der Waals surface area contributed by atoms with Crippen LogP contribution in [-0.2, 0) is 0 Å². The first-order valence-electron chi connectivity index (χ1n) is 6.93. The van der Waals surface area contributed by atoms with Crippen molar-refractivity contribution in [2.45, 2.75) is 32.2 Å². The summed E-state index contributed by atoms with van der Waals surface area (Å²) < 4.78 is 0. The third-order valence-electron chi connectivity index (χ3n) is 3.95. The molecule has 0 fully saturated rings. The SMILES string of the molecule is CCC1=CC2NC(c3ccccc3)=CC(O)=C2CC1. The van der Waals surface area contributed by atoms with Gasteiger partial charge in [0.05, 0.1) is 6.04 Å². The van der Waals surface area contributed by atoms with Crippen LogP contribution in [-0.4, -0.2) is 11.1 Å². The quantitative estimate of drug-likeness (QED) is 0.782. The predicted molar refractivity (Wildman–Crippen MR) is 78.6 cm³/mol. The Hall–Kier alpha value is -1.96. The molecule has 2 nitrogen and oxygen atoms in total. The van der Waals surface area contributed by atoms with Gasteiger partial charge in [0.1, 0.15) is 5.76 Å². The summed E-state index contributed by atoms with van der Waals surface area (Å²) in [6.45, 7) is 2.19. The molecule has 0 saturated heterocycles. The lowest BCUT2D eigenvalue weighted by Gasteiger charge is -2.31. The van der Waals surface area contributed by atoms with Gasteiger partial charge in [0.15, 0.2) is 0 Å². The molecule has 1 aromatic rings. The van der Waals surface area contributed by atoms with Gasteiger partial charge in [0.25, 0.3) is 0 Å². The third kappa shape index (κ3) is 2.30. The van der Waals surface area contributed by atoms with E-state index in [4.69, 9.17) is 0 Å². The normalized spacial score (nSPS) is 22.3. The van der Waals surface area contributed by atoms with E-state index < -0.39 is 0 Å². The van der Waals surface area contributed by atoms with E-state index in [1.54, 1.807) is 0 Å². The van der Waals surface area contributed by atoms with E-state index in [-0.39, 0.29) is 6.04 Å². The van der Waals surface area contributed by atoms with Crippen molar-refractivity contribution in [3.63, 3.8) is 0 Å². The molecule has 1 unspecified atom stereocenters. The van der Waals surface area contributed by atoms with Crippen molar-refractivity contribution in [1.29, 1.82) is 0 Å². The monoisotopic (exact) mass is 253 g/mol. The molecule has 19 heavy (non-hydrogen) atoms. The highest BCUT2D eigenvalue weighted by molar-refractivity contribution is 5.69. The van der Waals surface area contributed by atoms with Crippen LogP contribution in [0.5, 0.6) is 0 Å². The Morgan fingerprint density at radius 3 is 2.74 bits per heavy atom. The summed E-state index contributed by atoms with van der Waals surface area (Å²) in [4.78, 5) is 0. The number of rotatable bonds is 2. The highest BCUT2D eigenvalue weighted by atomic mass is 16.3. The number of nitrogens with one attached hydrogen (secondary N) is 1. The molecule has 1 aliphatic heterocycles. The molecule has 0 radical (unpaired) electrons. The standard InChI is InChI=1S/C17H19NO/c1-2-12-8-9-14-16(10-12)18-15(11-17(14)19)13-6-4-3-5-7-13/h3-7,10-11,16,18-19H,2,8-9H2,1H3. The molecule has 1 aliphatic carbocycles. The van der Waals surface area contributed by atoms with E-state index in [2.05, 4.69) is 30.4 Å². The van der Waals surface area contributed by atoms with Crippen LogP contribution in [0.4, 0.5) is 0 Å². The van der Waals surface area contributed by atoms with E-state index in [9.17, 15) is 5.11 Å². The van der Waals surface area contributed by atoms with Crippen LogP contribution in [0.1, 0.15) is 31.7 Å². The fraction of sp³-hybridized carbons (Fsp3) is 0.294. The average molecular weight is 253 g/mol. The molecule has 2 aliphatic rings. The zero-order valence-corrected chi connectivity index (χ0v) is 11.2. The second kappa shape index (κ2) is 4.96. The third-order valence-corrected chi connectivity index (χ3v) is 3.95. The number of dihydropyridines is 1. The van der Waals surface area contributed by atoms with Crippen molar-refractivity contribution in [3.05, 3.63) is 65.0 Å². The minimum Gasteiger partial charge on any atom is -0.508 e. The fourth-order valence-electron chi connectivity index (χ4n) is 2.80. The predicted octanol–water partition coefficient (Wildman–Crippen LogP) is 3.94. The van der Waals surface area contributed by atoms with Gasteiger partial charge >= 0.3 is 0 Å². The Kier molecular flexibility index (Phi) is 3.16. The molecule has 2 heteroatoms. The van der Waals surface area contributed by atoms with E-state index in [0.717, 1.165) is 36.1 Å². The minimum atomic E-state index is 0.156. The second-order valence-corrected chi connectivity index (χ2v) is 5.13. The molecule has 0 saturated carbocycles. The molecule has 98 valence electrons. The topological polar surface area (TPSA) is 32.3 Å². The molecular weight excluding hydrogens is 234 g/mol. The molecule has 1 atom stereocenters. The van der Waals surface area contributed by atoms with Crippen molar-refractivity contribution in [1.82, 2.24) is 5.32 Å². The summed E-state index contributed by atoms with van der Waals surface area (Å²) in [5.41, 5.74) is 4.71. The molecule has 0 bridgehead atoms. The summed E-state index contributed by atoms with van der Waals surface area (Å²) >= 11 is 0. The number of aliphatic hydroxyl groups excluding tert-OH is 1. The van der Waals surface area contributed by atoms with E-state index in [1.165, 1.54) is 5.57 Å². The van der Waals surface area contributed by atoms with Crippen molar-refractivity contribution in [2.24, 2.45) is 0 Å². The first-order chi connectivity index (χ1) is 9.28. The Balaban J connectivity index is 1.96. The molecule has 1 heterocycles. The van der Waals surface area contributed by atoms with Crippen molar-refractivity contribution >= 4 is 5.70 Å². The number of benzene rings is 1. The van der Waals surface area contributed by atoms with E-state index >= 15 is 0 Å². The molecule has 1 aromatic carbocycles. The Morgan fingerprint density at radius 2 is 2.00 bits per heavy atom. The van der Waals surface area contributed by atoms with Crippen LogP contribution < -0.4 is 5.32 Å². The molecule has 0 spiro atoms. The van der Waals surface area contributed by atoms with Crippen LogP contribution in [0.25, 0.3) is 5.70 Å². The molecular formula is C17H19NO. The highest BCUT2D eigenvalue weighted by Crippen LogP contribution is 2.32. The Morgan fingerprint density at radius 1 is 1.21 bits per heavy atom. The first kappa shape index (κ1) is 12.1. The number of aliphatic hydroxyl groups is 1. The van der Waals surface area contributed by atoms with Gasteiger partial charge in [-0.3, -0.25) is 0 Å².